The molecule has 0 bridgehead atoms. The molecule has 0 spiro atoms. The van der Waals surface area contributed by atoms with Gasteiger partial charge < -0.3 is 10.5 Å². The first-order chi connectivity index (χ1) is 5.86. The molecule has 0 amide bonds. The molecule has 0 saturated carbocycles. The number of anilines is 1. The molecule has 1 fully saturated rings. The highest BCUT2D eigenvalue weighted by molar-refractivity contribution is 6.30. The predicted octanol–water partition coefficient (Wildman–Crippen LogP) is -0.319. The van der Waals surface area contributed by atoms with Crippen molar-refractivity contribution in [2.45, 2.75) is 5.82 Å². The second-order valence-electron chi connectivity index (χ2n) is 2.50. The first-order valence-corrected chi connectivity index (χ1v) is 3.55. The van der Waals surface area contributed by atoms with Crippen LogP contribution in [0, 0.1) is 0 Å². The highest BCUT2D eigenvalue weighted by atomic mass is 17.2. The Balaban J connectivity index is 2.17. The minimum atomic E-state index is 0.116. The van der Waals surface area contributed by atoms with Crippen LogP contribution in [-0.2, 0) is 9.69 Å². The van der Waals surface area contributed by atoms with E-state index in [4.69, 9.17) is 10.6 Å². The fourth-order valence-electron chi connectivity index (χ4n) is 0.972. The van der Waals surface area contributed by atoms with Crippen LogP contribution in [0.3, 0.4) is 0 Å². The molecule has 0 aromatic carbocycles. The third-order valence-corrected chi connectivity index (χ3v) is 1.66. The second-order valence-corrected chi connectivity index (χ2v) is 2.50. The molecule has 2 heterocycles. The quantitative estimate of drug-likeness (QED) is 0.454. The SMILES string of the molecule is Nc1ncc(C2[B]OOC2)cn1. The van der Waals surface area contributed by atoms with Crippen LogP contribution in [0.5, 0.6) is 0 Å². The molecule has 6 heteroatoms. The van der Waals surface area contributed by atoms with Gasteiger partial charge in [-0.05, 0) is 5.56 Å². The molecular formula is C6H7BN3O2. The van der Waals surface area contributed by atoms with Gasteiger partial charge in [0, 0.05) is 18.2 Å². The van der Waals surface area contributed by atoms with Crippen molar-refractivity contribution in [3.8, 4) is 0 Å². The average molecular weight is 164 g/mol. The zero-order chi connectivity index (χ0) is 8.39. The summed E-state index contributed by atoms with van der Waals surface area (Å²) in [5.74, 6) is 0.393. The lowest BCUT2D eigenvalue weighted by atomic mass is 9.78. The Morgan fingerprint density at radius 2 is 2.25 bits per heavy atom. The first-order valence-electron chi connectivity index (χ1n) is 3.55. The van der Waals surface area contributed by atoms with Gasteiger partial charge in [-0.2, -0.15) is 0 Å². The number of hydrogen-bond donors (Lipinski definition) is 1. The monoisotopic (exact) mass is 164 g/mol. The molecule has 5 nitrogen and oxygen atoms in total. The molecule has 12 heavy (non-hydrogen) atoms. The van der Waals surface area contributed by atoms with Crippen LogP contribution in [-0.4, -0.2) is 24.1 Å². The van der Waals surface area contributed by atoms with Crippen LogP contribution >= 0.6 is 0 Å². The Bertz CT molecular complexity index is 260. The van der Waals surface area contributed by atoms with Gasteiger partial charge in [0.15, 0.2) is 0 Å². The maximum Gasteiger partial charge on any atom is 0.354 e. The molecule has 1 saturated heterocycles. The van der Waals surface area contributed by atoms with Crippen LogP contribution in [0.25, 0.3) is 0 Å². The maximum absolute atomic E-state index is 5.33. The van der Waals surface area contributed by atoms with E-state index in [0.717, 1.165) is 5.56 Å². The van der Waals surface area contributed by atoms with Crippen LogP contribution in [0.4, 0.5) is 5.95 Å². The molecule has 2 N–H and O–H groups in total. The Labute approximate surface area is 70.1 Å². The molecule has 61 valence electrons. The second kappa shape index (κ2) is 3.08. The summed E-state index contributed by atoms with van der Waals surface area (Å²) >= 11 is 0. The summed E-state index contributed by atoms with van der Waals surface area (Å²) in [6.45, 7) is 0.507. The summed E-state index contributed by atoms with van der Waals surface area (Å²) in [6, 6.07) is 0. The Morgan fingerprint density at radius 1 is 1.50 bits per heavy atom. The van der Waals surface area contributed by atoms with Gasteiger partial charge in [-0.15, -0.1) is 0 Å². The van der Waals surface area contributed by atoms with E-state index in [-0.39, 0.29) is 11.8 Å². The topological polar surface area (TPSA) is 70.3 Å². The maximum atomic E-state index is 5.33. The predicted molar refractivity (Wildman–Crippen MR) is 42.0 cm³/mol. The van der Waals surface area contributed by atoms with Crippen molar-refractivity contribution in [3.05, 3.63) is 18.0 Å². The first kappa shape index (κ1) is 7.51. The number of rotatable bonds is 1. The summed E-state index contributed by atoms with van der Waals surface area (Å²) in [5, 5.41) is 0. The van der Waals surface area contributed by atoms with Gasteiger partial charge in [-0.25, -0.2) is 9.97 Å². The van der Waals surface area contributed by atoms with E-state index in [9.17, 15) is 0 Å². The number of aromatic nitrogens is 2. The van der Waals surface area contributed by atoms with Gasteiger partial charge in [0.05, 0.1) is 6.61 Å². The largest absolute Gasteiger partial charge is 0.368 e. The van der Waals surface area contributed by atoms with Crippen LogP contribution in [0.15, 0.2) is 12.4 Å². The van der Waals surface area contributed by atoms with E-state index in [1.54, 1.807) is 19.9 Å². The number of nitrogens with two attached hydrogens (primary N) is 1. The summed E-state index contributed by atoms with van der Waals surface area (Å²) in [6.07, 6.45) is 3.34. The normalized spacial score (nSPS) is 22.2. The van der Waals surface area contributed by atoms with Gasteiger partial charge in [-0.3, -0.25) is 4.89 Å². The lowest BCUT2D eigenvalue weighted by molar-refractivity contribution is -0.183. The highest BCUT2D eigenvalue weighted by Crippen LogP contribution is 2.18. The lowest BCUT2D eigenvalue weighted by Crippen LogP contribution is -2.06. The van der Waals surface area contributed by atoms with Crippen LogP contribution in [0.2, 0.25) is 0 Å². The Hall–Kier alpha value is -1.14. The molecule has 1 atom stereocenters. The summed E-state index contributed by atoms with van der Waals surface area (Å²) in [7, 11) is 1.61. The third kappa shape index (κ3) is 1.39. The van der Waals surface area contributed by atoms with E-state index < -0.39 is 0 Å². The Kier molecular flexibility index (Phi) is 1.93. The minimum Gasteiger partial charge on any atom is -0.368 e. The molecular weight excluding hydrogens is 157 g/mol. The van der Waals surface area contributed by atoms with Crippen molar-refractivity contribution < 1.29 is 9.69 Å². The van der Waals surface area contributed by atoms with Gasteiger partial charge in [0.2, 0.25) is 5.95 Å². The van der Waals surface area contributed by atoms with E-state index in [1.807, 2.05) is 0 Å². The van der Waals surface area contributed by atoms with Gasteiger partial charge in [0.25, 0.3) is 0 Å². The zero-order valence-electron chi connectivity index (χ0n) is 6.30. The van der Waals surface area contributed by atoms with Crippen molar-refractivity contribution >= 4 is 13.4 Å². The summed E-state index contributed by atoms with van der Waals surface area (Å²) < 4.78 is 0. The summed E-state index contributed by atoms with van der Waals surface area (Å²) in [4.78, 5) is 17.0. The molecule has 1 radical (unpaired) electrons. The molecule has 1 aliphatic heterocycles. The zero-order valence-corrected chi connectivity index (χ0v) is 6.30. The van der Waals surface area contributed by atoms with Crippen molar-refractivity contribution in [2.24, 2.45) is 0 Å². The van der Waals surface area contributed by atoms with Crippen molar-refractivity contribution in [2.75, 3.05) is 12.3 Å². The average Bonchev–Trinajstić information content (AvgIpc) is 2.58. The molecule has 0 aliphatic carbocycles. The van der Waals surface area contributed by atoms with Gasteiger partial charge >= 0.3 is 7.48 Å². The van der Waals surface area contributed by atoms with Crippen LogP contribution < -0.4 is 5.73 Å². The van der Waals surface area contributed by atoms with Gasteiger partial charge in [0.1, 0.15) is 0 Å². The fraction of sp³-hybridized carbons (Fsp3) is 0.333. The molecule has 1 aromatic rings. The molecule has 1 aromatic heterocycles. The third-order valence-electron chi connectivity index (χ3n) is 1.66. The van der Waals surface area contributed by atoms with Crippen molar-refractivity contribution in [1.82, 2.24) is 9.97 Å². The highest BCUT2D eigenvalue weighted by Gasteiger charge is 2.22. The fourth-order valence-corrected chi connectivity index (χ4v) is 0.972. The number of hydrogen-bond acceptors (Lipinski definition) is 5. The van der Waals surface area contributed by atoms with E-state index in [2.05, 4.69) is 14.8 Å². The molecule has 2 rings (SSSR count). The van der Waals surface area contributed by atoms with Crippen molar-refractivity contribution in [3.63, 3.8) is 0 Å². The summed E-state index contributed by atoms with van der Waals surface area (Å²) in [5.41, 5.74) is 6.28. The molecule has 1 unspecified atom stereocenters. The molecule has 1 aliphatic rings. The van der Waals surface area contributed by atoms with E-state index in [0.29, 0.717) is 6.61 Å². The Morgan fingerprint density at radius 3 is 2.83 bits per heavy atom. The van der Waals surface area contributed by atoms with Crippen molar-refractivity contribution in [1.29, 1.82) is 0 Å². The standard InChI is InChI=1S/C6H7BN3O2/c8-6-9-1-4(2-10-6)5-3-11-12-7-5/h1-2,5H,3H2,(H2,8,9,10). The number of nitrogens with zero attached hydrogens (tertiary/aromatic N) is 2. The number of nitrogen functional groups attached to an aromatic ring is 1. The van der Waals surface area contributed by atoms with Crippen LogP contribution in [0.1, 0.15) is 11.4 Å². The van der Waals surface area contributed by atoms with Gasteiger partial charge in [-0.1, -0.05) is 0 Å². The minimum absolute atomic E-state index is 0.116. The van der Waals surface area contributed by atoms with E-state index >= 15 is 0 Å². The van der Waals surface area contributed by atoms with E-state index in [1.165, 1.54) is 0 Å². The smallest absolute Gasteiger partial charge is 0.354 e. The lowest BCUT2D eigenvalue weighted by Gasteiger charge is -2.02.